The summed E-state index contributed by atoms with van der Waals surface area (Å²) < 4.78 is 2.60. The number of benzene rings is 1. The molecule has 1 N–H and O–H groups in total. The fourth-order valence-corrected chi connectivity index (χ4v) is 2.76. The number of hydrogen-bond acceptors (Lipinski definition) is 5. The Labute approximate surface area is 127 Å². The van der Waals surface area contributed by atoms with Crippen molar-refractivity contribution in [3.8, 4) is 0 Å². The summed E-state index contributed by atoms with van der Waals surface area (Å²) in [4.78, 5) is 12.6. The Hall–Kier alpha value is -1.80. The van der Waals surface area contributed by atoms with E-state index in [2.05, 4.69) is 36.5 Å². The largest absolute Gasteiger partial charge is 0.326 e. The molecule has 0 radical (unpaired) electrons. The number of nitrogens with one attached hydrogen (secondary N) is 1. The number of rotatable bonds is 4. The van der Waals surface area contributed by atoms with E-state index < -0.39 is 0 Å². The van der Waals surface area contributed by atoms with E-state index in [1.807, 2.05) is 24.3 Å². The van der Waals surface area contributed by atoms with E-state index in [9.17, 15) is 4.79 Å². The van der Waals surface area contributed by atoms with E-state index in [4.69, 9.17) is 0 Å². The molecule has 0 saturated carbocycles. The zero-order valence-corrected chi connectivity index (χ0v) is 12.7. The molecule has 102 valence electrons. The lowest BCUT2D eigenvalue weighted by molar-refractivity contribution is -0.116. The van der Waals surface area contributed by atoms with Crippen molar-refractivity contribution in [2.24, 2.45) is 0 Å². The second-order valence-corrected chi connectivity index (χ2v) is 6.07. The number of anilines is 1. The molecule has 1 aromatic carbocycles. The molecule has 0 unspecified atom stereocenters. The van der Waals surface area contributed by atoms with Gasteiger partial charge in [0.15, 0.2) is 0 Å². The fraction of sp³-hybridized carbons (Fsp3) is 0.167. The van der Waals surface area contributed by atoms with Gasteiger partial charge in [-0.15, -0.1) is 10.2 Å². The highest BCUT2D eigenvalue weighted by Gasteiger charge is 2.08. The van der Waals surface area contributed by atoms with E-state index in [1.165, 1.54) is 11.3 Å². The van der Waals surface area contributed by atoms with E-state index >= 15 is 0 Å². The highest BCUT2D eigenvalue weighted by molar-refractivity contribution is 9.10. The van der Waals surface area contributed by atoms with Crippen LogP contribution in [0.3, 0.4) is 0 Å². The van der Waals surface area contributed by atoms with Crippen LogP contribution in [-0.2, 0) is 11.2 Å². The van der Waals surface area contributed by atoms with Gasteiger partial charge in [-0.3, -0.25) is 4.79 Å². The van der Waals surface area contributed by atoms with Crippen molar-refractivity contribution in [3.63, 3.8) is 0 Å². The fourth-order valence-electron chi connectivity index (χ4n) is 1.68. The first-order valence-corrected chi connectivity index (χ1v) is 7.53. The van der Waals surface area contributed by atoms with Gasteiger partial charge in [0.05, 0.1) is 0 Å². The predicted molar refractivity (Wildman–Crippen MR) is 79.8 cm³/mol. The molecular formula is C12H10BrN5OS. The highest BCUT2D eigenvalue weighted by atomic mass is 79.9. The molecule has 3 rings (SSSR count). The topological polar surface area (TPSA) is 72.2 Å². The number of hydrogen-bond donors (Lipinski definition) is 1. The van der Waals surface area contributed by atoms with Crippen LogP contribution in [0.2, 0.25) is 0 Å². The number of halogens is 1. The third kappa shape index (κ3) is 3.02. The van der Waals surface area contributed by atoms with Crippen LogP contribution in [0, 0.1) is 0 Å². The lowest BCUT2D eigenvalue weighted by Crippen LogP contribution is -2.12. The average Bonchev–Trinajstić information content (AvgIpc) is 3.00. The van der Waals surface area contributed by atoms with Gasteiger partial charge in [-0.1, -0.05) is 27.3 Å². The normalized spacial score (nSPS) is 10.8. The summed E-state index contributed by atoms with van der Waals surface area (Å²) in [6.07, 6.45) is 2.54. The van der Waals surface area contributed by atoms with Gasteiger partial charge < -0.3 is 5.32 Å². The highest BCUT2D eigenvalue weighted by Crippen LogP contribution is 2.16. The van der Waals surface area contributed by atoms with Crippen LogP contribution in [0.4, 0.5) is 5.69 Å². The number of aryl methyl sites for hydroxylation is 1. The maximum absolute atomic E-state index is 11.8. The third-order valence-electron chi connectivity index (χ3n) is 2.62. The van der Waals surface area contributed by atoms with Crippen molar-refractivity contribution in [1.82, 2.24) is 19.8 Å². The minimum atomic E-state index is -0.0294. The van der Waals surface area contributed by atoms with Gasteiger partial charge in [0.2, 0.25) is 10.9 Å². The van der Waals surface area contributed by atoms with E-state index in [1.54, 1.807) is 10.8 Å². The first-order chi connectivity index (χ1) is 9.70. The van der Waals surface area contributed by atoms with Gasteiger partial charge in [0.1, 0.15) is 11.3 Å². The van der Waals surface area contributed by atoms with Gasteiger partial charge >= 0.3 is 0 Å². The molecule has 0 atom stereocenters. The maximum atomic E-state index is 11.8. The molecule has 0 aliphatic heterocycles. The van der Waals surface area contributed by atoms with E-state index in [0.717, 1.165) is 20.1 Å². The zero-order valence-electron chi connectivity index (χ0n) is 10.3. The van der Waals surface area contributed by atoms with Crippen molar-refractivity contribution in [3.05, 3.63) is 40.1 Å². The summed E-state index contributed by atoms with van der Waals surface area (Å²) in [7, 11) is 0. The Morgan fingerprint density at radius 1 is 1.35 bits per heavy atom. The second kappa shape index (κ2) is 5.68. The van der Waals surface area contributed by atoms with Gasteiger partial charge in [-0.25, -0.2) is 0 Å². The van der Waals surface area contributed by atoms with Crippen LogP contribution >= 0.6 is 27.3 Å². The van der Waals surface area contributed by atoms with Crippen molar-refractivity contribution in [1.29, 1.82) is 0 Å². The van der Waals surface area contributed by atoms with Crippen LogP contribution < -0.4 is 5.32 Å². The lowest BCUT2D eigenvalue weighted by atomic mass is 10.2. The molecule has 6 nitrogen and oxygen atoms in total. The summed E-state index contributed by atoms with van der Waals surface area (Å²) in [6.45, 7) is 0. The van der Waals surface area contributed by atoms with Crippen LogP contribution in [0.25, 0.3) is 4.96 Å². The molecule has 0 bridgehead atoms. The standard InChI is InChI=1S/C12H10BrN5OS/c13-8-1-3-9(4-2-8)15-10(19)5-6-11-17-18-7-14-16-12(18)20-11/h1-4,7H,5-6H2,(H,15,19). The number of amides is 1. The molecule has 20 heavy (non-hydrogen) atoms. The number of aromatic nitrogens is 4. The zero-order chi connectivity index (χ0) is 13.9. The number of carbonyl (C=O) groups is 1. The van der Waals surface area contributed by atoms with Gasteiger partial charge in [0, 0.05) is 23.0 Å². The molecule has 0 fully saturated rings. The molecule has 0 aliphatic carbocycles. The van der Waals surface area contributed by atoms with Crippen molar-refractivity contribution >= 4 is 43.8 Å². The summed E-state index contributed by atoms with van der Waals surface area (Å²) >= 11 is 4.80. The van der Waals surface area contributed by atoms with Crippen LogP contribution in [0.15, 0.2) is 35.1 Å². The van der Waals surface area contributed by atoms with Crippen LogP contribution in [0.1, 0.15) is 11.4 Å². The summed E-state index contributed by atoms with van der Waals surface area (Å²) in [5.74, 6) is -0.0294. The van der Waals surface area contributed by atoms with Crippen LogP contribution in [0.5, 0.6) is 0 Å². The molecule has 0 aliphatic rings. The molecular weight excluding hydrogens is 342 g/mol. The molecule has 1 amide bonds. The van der Waals surface area contributed by atoms with Crippen molar-refractivity contribution in [2.75, 3.05) is 5.32 Å². The molecule has 8 heteroatoms. The number of fused-ring (bicyclic) bond motifs is 1. The third-order valence-corrected chi connectivity index (χ3v) is 4.12. The SMILES string of the molecule is O=C(CCc1nn2cnnc2s1)Nc1ccc(Br)cc1. The lowest BCUT2D eigenvalue weighted by Gasteiger charge is -2.04. The number of carbonyl (C=O) groups excluding carboxylic acids is 1. The Morgan fingerprint density at radius 2 is 2.15 bits per heavy atom. The van der Waals surface area contributed by atoms with Crippen molar-refractivity contribution in [2.45, 2.75) is 12.8 Å². The van der Waals surface area contributed by atoms with Crippen LogP contribution in [-0.4, -0.2) is 25.7 Å². The quantitative estimate of drug-likeness (QED) is 0.783. The van der Waals surface area contributed by atoms with Crippen molar-refractivity contribution < 1.29 is 4.79 Å². The molecule has 0 saturated heterocycles. The smallest absolute Gasteiger partial charge is 0.234 e. The van der Waals surface area contributed by atoms with Gasteiger partial charge in [-0.2, -0.15) is 9.61 Å². The summed E-state index contributed by atoms with van der Waals surface area (Å²) in [5.41, 5.74) is 0.788. The first kappa shape index (κ1) is 13.2. The minimum Gasteiger partial charge on any atom is -0.326 e. The summed E-state index contributed by atoms with van der Waals surface area (Å²) in [5, 5.41) is 15.7. The average molecular weight is 352 g/mol. The molecule has 2 aromatic heterocycles. The summed E-state index contributed by atoms with van der Waals surface area (Å²) in [6, 6.07) is 7.48. The number of nitrogens with zero attached hydrogens (tertiary/aromatic N) is 4. The van der Waals surface area contributed by atoms with Gasteiger partial charge in [-0.05, 0) is 24.3 Å². The molecule has 3 aromatic rings. The Kier molecular flexibility index (Phi) is 3.75. The van der Waals surface area contributed by atoms with E-state index in [0.29, 0.717) is 12.8 Å². The second-order valence-electron chi connectivity index (χ2n) is 4.11. The van der Waals surface area contributed by atoms with Gasteiger partial charge in [0.25, 0.3) is 0 Å². The first-order valence-electron chi connectivity index (χ1n) is 5.92. The molecule has 0 spiro atoms. The van der Waals surface area contributed by atoms with E-state index in [-0.39, 0.29) is 5.91 Å². The Bertz CT molecular complexity index is 707. The minimum absolute atomic E-state index is 0.0294. The monoisotopic (exact) mass is 351 g/mol. The molecule has 2 heterocycles. The predicted octanol–water partition coefficient (Wildman–Crippen LogP) is 2.52. The Morgan fingerprint density at radius 3 is 2.90 bits per heavy atom. The maximum Gasteiger partial charge on any atom is 0.234 e. The Balaban J connectivity index is 1.56.